The van der Waals surface area contributed by atoms with Crippen LogP contribution in [0.3, 0.4) is 0 Å². The number of nitrogens with one attached hydrogen (secondary N) is 2. The standard InChI is InChI=1S/C23H24N4O2S/c1-2-12-24-21(28)13-27-22(19-14-30-15-20(19)26-27)25-23(29)18-10-8-17(9-11-18)16-6-4-3-5-7-16/h3-11H,2,12-15H2,1H3,(H,24,28)(H,25,29). The molecule has 0 saturated heterocycles. The molecular formula is C23H24N4O2S. The first-order chi connectivity index (χ1) is 14.7. The van der Waals surface area contributed by atoms with E-state index in [4.69, 9.17) is 0 Å². The Balaban J connectivity index is 1.52. The molecule has 0 spiro atoms. The van der Waals surface area contributed by atoms with Crippen LogP contribution < -0.4 is 10.6 Å². The summed E-state index contributed by atoms with van der Waals surface area (Å²) in [5.74, 6) is 1.90. The third kappa shape index (κ3) is 4.41. The van der Waals surface area contributed by atoms with Crippen molar-refractivity contribution >= 4 is 29.4 Å². The fraction of sp³-hybridized carbons (Fsp3) is 0.261. The number of anilines is 1. The minimum absolute atomic E-state index is 0.0974. The van der Waals surface area contributed by atoms with E-state index in [-0.39, 0.29) is 18.4 Å². The molecule has 0 aliphatic carbocycles. The van der Waals surface area contributed by atoms with E-state index in [1.165, 1.54) is 0 Å². The molecular weight excluding hydrogens is 396 g/mol. The van der Waals surface area contributed by atoms with Crippen molar-refractivity contribution in [3.05, 3.63) is 71.4 Å². The number of amides is 2. The Morgan fingerprint density at radius 2 is 1.77 bits per heavy atom. The molecule has 7 heteroatoms. The van der Waals surface area contributed by atoms with E-state index >= 15 is 0 Å². The summed E-state index contributed by atoms with van der Waals surface area (Å²) in [6, 6.07) is 17.6. The third-order valence-electron chi connectivity index (χ3n) is 4.97. The van der Waals surface area contributed by atoms with Gasteiger partial charge in [0.05, 0.1) is 5.69 Å². The molecule has 2 N–H and O–H groups in total. The highest BCUT2D eigenvalue weighted by molar-refractivity contribution is 7.98. The molecule has 1 aliphatic rings. The third-order valence-corrected chi connectivity index (χ3v) is 5.94. The topological polar surface area (TPSA) is 76.0 Å². The highest BCUT2D eigenvalue weighted by Gasteiger charge is 2.25. The van der Waals surface area contributed by atoms with Crippen LogP contribution in [0.1, 0.15) is 35.0 Å². The summed E-state index contributed by atoms with van der Waals surface area (Å²) in [6.45, 7) is 2.74. The van der Waals surface area contributed by atoms with Crippen molar-refractivity contribution in [3.63, 3.8) is 0 Å². The van der Waals surface area contributed by atoms with Crippen LogP contribution in [0.4, 0.5) is 5.82 Å². The predicted octanol–water partition coefficient (Wildman–Crippen LogP) is 4.08. The van der Waals surface area contributed by atoms with Gasteiger partial charge in [0.25, 0.3) is 5.91 Å². The number of fused-ring (bicyclic) bond motifs is 1. The van der Waals surface area contributed by atoms with Gasteiger partial charge in [0.2, 0.25) is 5.91 Å². The fourth-order valence-corrected chi connectivity index (χ4v) is 4.44. The molecule has 1 aliphatic heterocycles. The molecule has 3 aromatic rings. The van der Waals surface area contributed by atoms with Gasteiger partial charge in [-0.1, -0.05) is 49.4 Å². The van der Waals surface area contributed by atoms with E-state index in [9.17, 15) is 9.59 Å². The Kier molecular flexibility index (Phi) is 6.18. The minimum Gasteiger partial charge on any atom is -0.355 e. The van der Waals surface area contributed by atoms with Gasteiger partial charge in [-0.15, -0.1) is 0 Å². The molecule has 0 fully saturated rings. The molecule has 4 rings (SSSR count). The Labute approximate surface area is 180 Å². The van der Waals surface area contributed by atoms with Crippen molar-refractivity contribution in [1.29, 1.82) is 0 Å². The van der Waals surface area contributed by atoms with Crippen LogP contribution >= 0.6 is 11.8 Å². The van der Waals surface area contributed by atoms with Crippen molar-refractivity contribution in [2.75, 3.05) is 11.9 Å². The molecule has 2 amide bonds. The summed E-state index contributed by atoms with van der Waals surface area (Å²) in [4.78, 5) is 25.1. The molecule has 0 atom stereocenters. The van der Waals surface area contributed by atoms with Crippen LogP contribution in [0.5, 0.6) is 0 Å². The predicted molar refractivity (Wildman–Crippen MR) is 120 cm³/mol. The van der Waals surface area contributed by atoms with Crippen LogP contribution in [0.15, 0.2) is 54.6 Å². The van der Waals surface area contributed by atoms with E-state index in [2.05, 4.69) is 15.7 Å². The minimum atomic E-state index is -0.204. The lowest BCUT2D eigenvalue weighted by molar-refractivity contribution is -0.121. The van der Waals surface area contributed by atoms with Crippen molar-refractivity contribution in [3.8, 4) is 11.1 Å². The molecule has 0 radical (unpaired) electrons. The molecule has 154 valence electrons. The number of hydrogen-bond donors (Lipinski definition) is 2. The van der Waals surface area contributed by atoms with E-state index in [0.717, 1.165) is 40.3 Å². The van der Waals surface area contributed by atoms with Crippen molar-refractivity contribution in [2.45, 2.75) is 31.4 Å². The van der Waals surface area contributed by atoms with Crippen LogP contribution in [0.2, 0.25) is 0 Å². The van der Waals surface area contributed by atoms with Gasteiger partial charge in [0.1, 0.15) is 12.4 Å². The lowest BCUT2D eigenvalue weighted by atomic mass is 10.0. The maximum absolute atomic E-state index is 12.9. The highest BCUT2D eigenvalue weighted by Crippen LogP contribution is 2.35. The molecule has 30 heavy (non-hydrogen) atoms. The highest BCUT2D eigenvalue weighted by atomic mass is 32.2. The first-order valence-corrected chi connectivity index (χ1v) is 11.2. The number of thioether (sulfide) groups is 1. The number of rotatable bonds is 7. The lowest BCUT2D eigenvalue weighted by Gasteiger charge is -2.11. The van der Waals surface area contributed by atoms with Crippen LogP contribution in [0, 0.1) is 0 Å². The number of nitrogens with zero attached hydrogens (tertiary/aromatic N) is 2. The summed E-state index contributed by atoms with van der Waals surface area (Å²) >= 11 is 1.76. The van der Waals surface area contributed by atoms with Crippen molar-refractivity contribution in [2.24, 2.45) is 0 Å². The average molecular weight is 421 g/mol. The van der Waals surface area contributed by atoms with E-state index < -0.39 is 0 Å². The van der Waals surface area contributed by atoms with E-state index in [0.29, 0.717) is 17.9 Å². The van der Waals surface area contributed by atoms with Gasteiger partial charge < -0.3 is 10.6 Å². The number of benzene rings is 2. The quantitative estimate of drug-likeness (QED) is 0.604. The van der Waals surface area contributed by atoms with Crippen molar-refractivity contribution < 1.29 is 9.59 Å². The Bertz CT molecular complexity index is 1050. The smallest absolute Gasteiger partial charge is 0.256 e. The van der Waals surface area contributed by atoms with Gasteiger partial charge in [-0.05, 0) is 29.7 Å². The SMILES string of the molecule is CCCNC(=O)Cn1nc2c(c1NC(=O)c1ccc(-c3ccccc3)cc1)CSC2. The molecule has 0 saturated carbocycles. The first-order valence-electron chi connectivity index (χ1n) is 10.1. The Morgan fingerprint density at radius 3 is 2.50 bits per heavy atom. The molecule has 2 heterocycles. The second kappa shape index (κ2) is 9.17. The Morgan fingerprint density at radius 1 is 1.03 bits per heavy atom. The van der Waals surface area contributed by atoms with Crippen LogP contribution in [-0.2, 0) is 22.8 Å². The maximum atomic E-state index is 12.9. The first kappa shape index (κ1) is 20.2. The zero-order valence-electron chi connectivity index (χ0n) is 16.9. The number of carbonyl (C=O) groups is 2. The number of hydrogen-bond acceptors (Lipinski definition) is 4. The van der Waals surface area contributed by atoms with Crippen molar-refractivity contribution in [1.82, 2.24) is 15.1 Å². The summed E-state index contributed by atoms with van der Waals surface area (Å²) < 4.78 is 1.62. The zero-order chi connectivity index (χ0) is 20.9. The largest absolute Gasteiger partial charge is 0.355 e. The summed E-state index contributed by atoms with van der Waals surface area (Å²) in [5, 5.41) is 10.4. The number of aromatic nitrogens is 2. The number of carbonyl (C=O) groups excluding carboxylic acids is 2. The van der Waals surface area contributed by atoms with Gasteiger partial charge in [-0.25, -0.2) is 4.68 Å². The summed E-state index contributed by atoms with van der Waals surface area (Å²) in [5.41, 5.74) is 4.69. The van der Waals surface area contributed by atoms with Gasteiger partial charge in [-0.3, -0.25) is 9.59 Å². The average Bonchev–Trinajstić information content (AvgIpc) is 3.35. The van der Waals surface area contributed by atoms with Gasteiger partial charge in [-0.2, -0.15) is 16.9 Å². The van der Waals surface area contributed by atoms with Crippen LogP contribution in [-0.4, -0.2) is 28.1 Å². The second-order valence-corrected chi connectivity index (χ2v) is 8.16. The molecule has 2 aromatic carbocycles. The normalized spacial score (nSPS) is 12.4. The monoisotopic (exact) mass is 420 g/mol. The Hall–Kier alpha value is -3.06. The lowest BCUT2D eigenvalue weighted by Crippen LogP contribution is -2.29. The summed E-state index contributed by atoms with van der Waals surface area (Å²) in [6.07, 6.45) is 0.876. The zero-order valence-corrected chi connectivity index (χ0v) is 17.7. The van der Waals surface area contributed by atoms with Gasteiger partial charge >= 0.3 is 0 Å². The maximum Gasteiger partial charge on any atom is 0.256 e. The van der Waals surface area contributed by atoms with E-state index in [1.807, 2.05) is 61.5 Å². The van der Waals surface area contributed by atoms with Gasteiger partial charge in [0, 0.05) is 29.2 Å². The van der Waals surface area contributed by atoms with Crippen LogP contribution in [0.25, 0.3) is 11.1 Å². The molecule has 0 bridgehead atoms. The van der Waals surface area contributed by atoms with E-state index in [1.54, 1.807) is 16.4 Å². The molecule has 1 aromatic heterocycles. The molecule has 6 nitrogen and oxygen atoms in total. The van der Waals surface area contributed by atoms with Gasteiger partial charge in [0.15, 0.2) is 0 Å². The summed E-state index contributed by atoms with van der Waals surface area (Å²) in [7, 11) is 0. The molecule has 0 unspecified atom stereocenters. The fourth-order valence-electron chi connectivity index (χ4n) is 3.40. The second-order valence-electron chi connectivity index (χ2n) is 7.17.